The second kappa shape index (κ2) is 4.12. The summed E-state index contributed by atoms with van der Waals surface area (Å²) in [5, 5.41) is 0. The van der Waals surface area contributed by atoms with Crippen LogP contribution in [0.15, 0.2) is 24.3 Å². The normalized spacial score (nSPS) is 19.7. The van der Waals surface area contributed by atoms with Gasteiger partial charge in [0.15, 0.2) is 0 Å². The van der Waals surface area contributed by atoms with Crippen molar-refractivity contribution < 1.29 is 22.8 Å². The molecule has 0 aromatic heterocycles. The average molecular weight is 257 g/mol. The molecule has 1 aliphatic rings. The number of amides is 1. The number of ketones is 1. The van der Waals surface area contributed by atoms with Gasteiger partial charge in [-0.15, -0.1) is 0 Å². The lowest BCUT2D eigenvalue weighted by Crippen LogP contribution is -2.46. The third-order valence-corrected chi connectivity index (χ3v) is 3.00. The van der Waals surface area contributed by atoms with E-state index in [0.29, 0.717) is 11.3 Å². The van der Waals surface area contributed by atoms with Crippen LogP contribution in [0, 0.1) is 5.92 Å². The van der Waals surface area contributed by atoms with Crippen molar-refractivity contribution in [1.29, 1.82) is 0 Å². The molecular weight excluding hydrogens is 247 g/mol. The van der Waals surface area contributed by atoms with E-state index >= 15 is 0 Å². The number of carbonyl (C=O) groups is 2. The molecule has 1 heterocycles. The molecule has 0 fully saturated rings. The molecule has 0 unspecified atom stereocenters. The lowest BCUT2D eigenvalue weighted by Gasteiger charge is -2.30. The molecular formula is C12H10F3NO2. The minimum Gasteiger partial charge on any atom is -0.315 e. The van der Waals surface area contributed by atoms with Crippen molar-refractivity contribution >= 4 is 17.4 Å². The maximum absolute atomic E-state index is 12.4. The second-order valence-corrected chi connectivity index (χ2v) is 4.14. The minimum absolute atomic E-state index is 0.197. The number of anilines is 1. The summed E-state index contributed by atoms with van der Waals surface area (Å²) in [4.78, 5) is 24.1. The van der Waals surface area contributed by atoms with E-state index in [9.17, 15) is 22.8 Å². The van der Waals surface area contributed by atoms with Crippen molar-refractivity contribution in [2.45, 2.75) is 12.6 Å². The van der Waals surface area contributed by atoms with Gasteiger partial charge < -0.3 is 4.90 Å². The highest BCUT2D eigenvalue weighted by molar-refractivity contribution is 6.11. The van der Waals surface area contributed by atoms with Crippen LogP contribution in [0.2, 0.25) is 0 Å². The number of hydrogen-bond donors (Lipinski definition) is 0. The molecule has 3 nitrogen and oxygen atoms in total. The summed E-state index contributed by atoms with van der Waals surface area (Å²) in [5.74, 6) is -4.45. The van der Waals surface area contributed by atoms with Gasteiger partial charge in [0, 0.05) is 12.7 Å². The average Bonchev–Trinajstić information content (AvgIpc) is 2.32. The molecule has 1 aliphatic heterocycles. The predicted molar refractivity (Wildman–Crippen MR) is 58.1 cm³/mol. The van der Waals surface area contributed by atoms with Crippen LogP contribution in [-0.2, 0) is 16.0 Å². The largest absolute Gasteiger partial charge is 0.450 e. The first-order chi connectivity index (χ1) is 8.32. The highest BCUT2D eigenvalue weighted by atomic mass is 19.4. The number of fused-ring (bicyclic) bond motifs is 1. The predicted octanol–water partition coefficient (Wildman–Crippen LogP) is 1.95. The highest BCUT2D eigenvalue weighted by Gasteiger charge is 2.48. The van der Waals surface area contributed by atoms with E-state index in [2.05, 4.69) is 0 Å². The Hall–Kier alpha value is -1.85. The Balaban J connectivity index is 2.39. The Labute approximate surface area is 101 Å². The molecule has 1 aromatic carbocycles. The van der Waals surface area contributed by atoms with E-state index in [0.717, 1.165) is 4.90 Å². The smallest absolute Gasteiger partial charge is 0.315 e. The first-order valence-corrected chi connectivity index (χ1v) is 5.29. The van der Waals surface area contributed by atoms with Crippen molar-refractivity contribution in [1.82, 2.24) is 0 Å². The lowest BCUT2D eigenvalue weighted by molar-refractivity contribution is -0.176. The summed E-state index contributed by atoms with van der Waals surface area (Å²) in [6.07, 6.45) is -5.18. The fourth-order valence-electron chi connectivity index (χ4n) is 2.07. The van der Waals surface area contributed by atoms with E-state index in [-0.39, 0.29) is 6.42 Å². The number of rotatable bonds is 1. The molecule has 1 atom stereocenters. The SMILES string of the molecule is CN1C(=O)[C@H](C(=O)C(F)(F)F)Cc2ccccc21. The van der Waals surface area contributed by atoms with E-state index in [1.54, 1.807) is 24.3 Å². The van der Waals surface area contributed by atoms with Crippen molar-refractivity contribution in [3.8, 4) is 0 Å². The van der Waals surface area contributed by atoms with Gasteiger partial charge in [-0.25, -0.2) is 0 Å². The van der Waals surface area contributed by atoms with Crippen LogP contribution in [0.3, 0.4) is 0 Å². The Morgan fingerprint density at radius 2 is 1.94 bits per heavy atom. The summed E-state index contributed by atoms with van der Waals surface area (Å²) in [7, 11) is 1.37. The Kier molecular flexibility index (Phi) is 2.88. The highest BCUT2D eigenvalue weighted by Crippen LogP contribution is 2.33. The summed E-state index contributed by atoms with van der Waals surface area (Å²) in [6.45, 7) is 0. The number of nitrogens with zero attached hydrogens (tertiary/aromatic N) is 1. The zero-order valence-electron chi connectivity index (χ0n) is 9.49. The van der Waals surface area contributed by atoms with Gasteiger partial charge in [-0.05, 0) is 18.1 Å². The summed E-state index contributed by atoms with van der Waals surface area (Å²) in [5.41, 5.74) is 1.12. The number of hydrogen-bond acceptors (Lipinski definition) is 2. The van der Waals surface area contributed by atoms with Crippen LogP contribution >= 0.6 is 0 Å². The van der Waals surface area contributed by atoms with Gasteiger partial charge in [0.2, 0.25) is 11.7 Å². The zero-order chi connectivity index (χ0) is 13.5. The van der Waals surface area contributed by atoms with Crippen molar-refractivity contribution in [3.63, 3.8) is 0 Å². The molecule has 0 N–H and O–H groups in total. The van der Waals surface area contributed by atoms with Crippen LogP contribution in [0.25, 0.3) is 0 Å². The van der Waals surface area contributed by atoms with Gasteiger partial charge in [0.05, 0.1) is 0 Å². The standard InChI is InChI=1S/C12H10F3NO2/c1-16-9-5-3-2-4-7(9)6-8(11(16)18)10(17)12(13,14)15/h2-5,8H,6H2,1H3/t8-/m0/s1. The molecule has 1 amide bonds. The van der Waals surface area contributed by atoms with Crippen LogP contribution < -0.4 is 4.90 Å². The molecule has 6 heteroatoms. The van der Waals surface area contributed by atoms with E-state index in [1.807, 2.05) is 0 Å². The molecule has 0 saturated heterocycles. The summed E-state index contributed by atoms with van der Waals surface area (Å²) in [6, 6.07) is 6.61. The zero-order valence-corrected chi connectivity index (χ0v) is 9.49. The van der Waals surface area contributed by atoms with Crippen LogP contribution in [0.5, 0.6) is 0 Å². The minimum atomic E-state index is -4.98. The van der Waals surface area contributed by atoms with Crippen LogP contribution in [0.1, 0.15) is 5.56 Å². The van der Waals surface area contributed by atoms with Gasteiger partial charge in [0.1, 0.15) is 5.92 Å². The number of alkyl halides is 3. The molecule has 0 spiro atoms. The van der Waals surface area contributed by atoms with Crippen LogP contribution in [-0.4, -0.2) is 24.9 Å². The Morgan fingerprint density at radius 1 is 1.33 bits per heavy atom. The molecule has 0 radical (unpaired) electrons. The fraction of sp³-hybridized carbons (Fsp3) is 0.333. The van der Waals surface area contributed by atoms with Gasteiger partial charge in [0.25, 0.3) is 0 Å². The summed E-state index contributed by atoms with van der Waals surface area (Å²) >= 11 is 0. The number of halogens is 3. The maximum Gasteiger partial charge on any atom is 0.450 e. The van der Waals surface area contributed by atoms with Gasteiger partial charge >= 0.3 is 6.18 Å². The monoisotopic (exact) mass is 257 g/mol. The van der Waals surface area contributed by atoms with E-state index in [1.165, 1.54) is 7.05 Å². The molecule has 0 saturated carbocycles. The maximum atomic E-state index is 12.4. The topological polar surface area (TPSA) is 37.4 Å². The quantitative estimate of drug-likeness (QED) is 0.721. The van der Waals surface area contributed by atoms with E-state index in [4.69, 9.17) is 0 Å². The first-order valence-electron chi connectivity index (χ1n) is 5.29. The van der Waals surface area contributed by atoms with Crippen molar-refractivity contribution in [2.75, 3.05) is 11.9 Å². The Morgan fingerprint density at radius 3 is 2.56 bits per heavy atom. The van der Waals surface area contributed by atoms with Gasteiger partial charge in [-0.1, -0.05) is 18.2 Å². The van der Waals surface area contributed by atoms with Crippen molar-refractivity contribution in [3.05, 3.63) is 29.8 Å². The van der Waals surface area contributed by atoms with Crippen LogP contribution in [0.4, 0.5) is 18.9 Å². The first kappa shape index (κ1) is 12.6. The fourth-order valence-corrected chi connectivity index (χ4v) is 2.07. The molecule has 0 aliphatic carbocycles. The van der Waals surface area contributed by atoms with E-state index < -0.39 is 23.8 Å². The number of carbonyl (C=O) groups excluding carboxylic acids is 2. The third-order valence-electron chi connectivity index (χ3n) is 3.00. The van der Waals surface area contributed by atoms with Gasteiger partial charge in [-0.2, -0.15) is 13.2 Å². The molecule has 1 aromatic rings. The number of benzene rings is 1. The molecule has 96 valence electrons. The molecule has 0 bridgehead atoms. The number of para-hydroxylation sites is 1. The third kappa shape index (κ3) is 1.98. The number of Topliss-reactive ketones (excluding diaryl/α,β-unsaturated/α-hetero) is 1. The summed E-state index contributed by atoms with van der Waals surface area (Å²) < 4.78 is 37.2. The second-order valence-electron chi connectivity index (χ2n) is 4.14. The Bertz CT molecular complexity index is 510. The molecule has 18 heavy (non-hydrogen) atoms. The molecule has 2 rings (SSSR count). The van der Waals surface area contributed by atoms with Crippen molar-refractivity contribution in [2.24, 2.45) is 5.92 Å². The van der Waals surface area contributed by atoms with Gasteiger partial charge in [-0.3, -0.25) is 9.59 Å². The lowest BCUT2D eigenvalue weighted by atomic mass is 9.88.